The Labute approximate surface area is 351 Å². The Morgan fingerprint density at radius 3 is 1.84 bits per heavy atom. The summed E-state index contributed by atoms with van der Waals surface area (Å²) in [6.07, 6.45) is 1.89. The van der Waals surface area contributed by atoms with Gasteiger partial charge in [-0.3, -0.25) is 0 Å². The summed E-state index contributed by atoms with van der Waals surface area (Å²) >= 11 is -3.17. The van der Waals surface area contributed by atoms with Crippen LogP contribution in [0, 0.1) is 6.07 Å². The van der Waals surface area contributed by atoms with Gasteiger partial charge in [0.05, 0.1) is 0 Å². The van der Waals surface area contributed by atoms with Gasteiger partial charge in [-0.2, -0.15) is 0 Å². The fourth-order valence-electron chi connectivity index (χ4n) is 7.52. The van der Waals surface area contributed by atoms with E-state index in [9.17, 15) is 5.11 Å². The maximum absolute atomic E-state index is 12.3. The standard InChI is InChI=1S/C50H54GeN3O.Pt/c1-48(2,3)37-28-35(27-36(29-37)43-30-34(25-26-52-43)33-19-14-12-15-20-33)40-23-18-24-44-45(40)53-47(54(44)51(10,11)39-21-16-13-17-22-39)41-31-38(49(4,5)6)32-42(46(41)55)50(7,8)9;/h12-26,28-32,55H,1-11H3;/q-1;. The average Bonchev–Trinajstić information content (AvgIpc) is 3.55. The van der Waals surface area contributed by atoms with Crippen LogP contribution in [-0.4, -0.2) is 32.1 Å². The van der Waals surface area contributed by atoms with Crippen LogP contribution in [0.25, 0.3) is 55.9 Å². The van der Waals surface area contributed by atoms with Crippen LogP contribution < -0.4 is 4.40 Å². The number of benzene rings is 5. The summed E-state index contributed by atoms with van der Waals surface area (Å²) < 4.78 is 3.85. The molecule has 7 aromatic rings. The SMILES string of the molecule is CC(C)(C)c1cc(-c2cc(-c3ccccc3)ccn2)[c-]c(-c2cccc3c2nc(-c2cc(C(C)(C)C)cc(C(C)(C)C)c2O)[n]3[Ge]([CH3])([CH3])[c]2ccccc2)c1.[Pt]. The van der Waals surface area contributed by atoms with Crippen LogP contribution in [0.2, 0.25) is 11.5 Å². The molecule has 0 amide bonds. The Morgan fingerprint density at radius 2 is 1.21 bits per heavy atom. The fourth-order valence-corrected chi connectivity index (χ4v) is 13.3. The minimum absolute atomic E-state index is 0. The number of pyridine rings is 1. The maximum atomic E-state index is 12.3. The zero-order valence-corrected chi connectivity index (χ0v) is 39.0. The zero-order valence-electron chi connectivity index (χ0n) is 34.7. The second-order valence-electron chi connectivity index (χ2n) is 18.5. The number of hydrogen-bond donors (Lipinski definition) is 1. The Morgan fingerprint density at radius 1 is 0.607 bits per heavy atom. The second-order valence-corrected chi connectivity index (χ2v) is 27.2. The van der Waals surface area contributed by atoms with Crippen LogP contribution in [0.4, 0.5) is 0 Å². The van der Waals surface area contributed by atoms with Gasteiger partial charge in [-0.05, 0) is 0 Å². The molecule has 7 rings (SSSR count). The molecular weight excluding hydrogens is 926 g/mol. The van der Waals surface area contributed by atoms with Crippen LogP contribution in [0.5, 0.6) is 5.75 Å². The Hall–Kier alpha value is -4.25. The summed E-state index contributed by atoms with van der Waals surface area (Å²) in [5.41, 5.74) is 11.6. The van der Waals surface area contributed by atoms with Crippen molar-refractivity contribution in [1.29, 1.82) is 0 Å². The van der Waals surface area contributed by atoms with E-state index in [1.54, 1.807) is 0 Å². The smallest absolute Gasteiger partial charge is 0 e. The molecule has 0 radical (unpaired) electrons. The van der Waals surface area contributed by atoms with Gasteiger partial charge in [-0.15, -0.1) is 0 Å². The van der Waals surface area contributed by atoms with E-state index in [2.05, 4.69) is 193 Å². The molecule has 0 spiro atoms. The van der Waals surface area contributed by atoms with Crippen molar-refractivity contribution in [2.45, 2.75) is 90.1 Å². The number of phenols is 1. The van der Waals surface area contributed by atoms with Gasteiger partial charge in [0.1, 0.15) is 0 Å². The van der Waals surface area contributed by atoms with E-state index in [0.717, 1.165) is 61.5 Å². The predicted molar refractivity (Wildman–Crippen MR) is 235 cm³/mol. The van der Waals surface area contributed by atoms with Gasteiger partial charge in [0.2, 0.25) is 0 Å². The number of aromatic nitrogens is 3. The third-order valence-electron chi connectivity index (χ3n) is 10.9. The topological polar surface area (TPSA) is 50.9 Å². The van der Waals surface area contributed by atoms with Crippen LogP contribution in [0.3, 0.4) is 0 Å². The minimum Gasteiger partial charge on any atom is 0 e. The van der Waals surface area contributed by atoms with Crippen molar-refractivity contribution in [3.05, 3.63) is 144 Å². The van der Waals surface area contributed by atoms with E-state index in [1.165, 1.54) is 15.5 Å². The summed E-state index contributed by atoms with van der Waals surface area (Å²) in [6.45, 7) is 20.0. The molecule has 0 unspecified atom stereocenters. The number of rotatable bonds is 6. The monoisotopic (exact) mass is 981 g/mol. The van der Waals surface area contributed by atoms with E-state index in [-0.39, 0.29) is 37.3 Å². The largest absolute Gasteiger partial charge is 0 e. The molecule has 4 nitrogen and oxygen atoms in total. The quantitative estimate of drug-likeness (QED) is 0.133. The molecule has 2 heterocycles. The van der Waals surface area contributed by atoms with Crippen LogP contribution >= 0.6 is 0 Å². The number of phenolic OH excluding ortho intramolecular Hbond substituents is 1. The molecule has 290 valence electrons. The van der Waals surface area contributed by atoms with Gasteiger partial charge in [-0.1, -0.05) is 18.2 Å². The third-order valence-corrected chi connectivity index (χ3v) is 17.9. The Bertz CT molecular complexity index is 2520. The number of para-hydroxylation sites is 1. The molecule has 6 heteroatoms. The van der Waals surface area contributed by atoms with Crippen molar-refractivity contribution in [3.63, 3.8) is 0 Å². The van der Waals surface area contributed by atoms with Crippen LogP contribution in [0.15, 0.2) is 121 Å². The number of imidazole rings is 1. The van der Waals surface area contributed by atoms with Crippen molar-refractivity contribution in [2.24, 2.45) is 0 Å². The fraction of sp³-hybridized carbons (Fsp3) is 0.280. The number of nitrogens with zero attached hydrogens (tertiary/aromatic N) is 3. The van der Waals surface area contributed by atoms with E-state index in [1.807, 2.05) is 12.3 Å². The molecule has 0 atom stereocenters. The van der Waals surface area contributed by atoms with Crippen molar-refractivity contribution < 1.29 is 26.2 Å². The van der Waals surface area contributed by atoms with Crippen molar-refractivity contribution >= 4 is 28.9 Å². The molecule has 0 saturated carbocycles. The first-order valence-electron chi connectivity index (χ1n) is 19.4. The average molecular weight is 981 g/mol. The molecule has 0 aliphatic rings. The molecule has 0 bridgehead atoms. The summed E-state index contributed by atoms with van der Waals surface area (Å²) in [6, 6.07) is 44.8. The van der Waals surface area contributed by atoms with Crippen molar-refractivity contribution in [1.82, 2.24) is 13.5 Å². The van der Waals surface area contributed by atoms with Gasteiger partial charge >= 0.3 is 314 Å². The normalized spacial score (nSPS) is 12.5. The molecular formula is C50H54GeN3OPt-. The first-order valence-corrected chi connectivity index (χ1v) is 25.6. The minimum atomic E-state index is -3.17. The van der Waals surface area contributed by atoms with Crippen LogP contribution in [0.1, 0.15) is 79.0 Å². The summed E-state index contributed by atoms with van der Waals surface area (Å²) in [7, 11) is 0. The number of hydrogen-bond acceptors (Lipinski definition) is 3. The van der Waals surface area contributed by atoms with E-state index >= 15 is 0 Å². The summed E-state index contributed by atoms with van der Waals surface area (Å²) in [4.78, 5) is 10.5. The molecule has 1 N–H and O–H groups in total. The molecule has 0 fully saturated rings. The second kappa shape index (κ2) is 15.3. The Balaban J connectivity index is 0.00000532. The Kier molecular flexibility index (Phi) is 11.3. The summed E-state index contributed by atoms with van der Waals surface area (Å²) in [5.74, 6) is 5.97. The first kappa shape index (κ1) is 41.4. The molecule has 0 aliphatic heterocycles. The first-order chi connectivity index (χ1) is 25.8. The van der Waals surface area contributed by atoms with Crippen LogP contribution in [-0.2, 0) is 37.3 Å². The predicted octanol–water partition coefficient (Wildman–Crippen LogP) is 12.5. The maximum Gasteiger partial charge on any atom is 0 e. The molecule has 56 heavy (non-hydrogen) atoms. The van der Waals surface area contributed by atoms with Gasteiger partial charge in [0.25, 0.3) is 0 Å². The van der Waals surface area contributed by atoms with Gasteiger partial charge < -0.3 is 0 Å². The molecule has 2 aromatic heterocycles. The molecule has 5 aromatic carbocycles. The number of aromatic hydroxyl groups is 1. The third kappa shape index (κ3) is 7.98. The van der Waals surface area contributed by atoms with Gasteiger partial charge in [0.15, 0.2) is 0 Å². The van der Waals surface area contributed by atoms with E-state index in [4.69, 9.17) is 9.97 Å². The van der Waals surface area contributed by atoms with E-state index in [0.29, 0.717) is 5.75 Å². The molecule has 0 saturated heterocycles. The van der Waals surface area contributed by atoms with Crippen molar-refractivity contribution in [3.8, 4) is 50.6 Å². The molecule has 0 aliphatic carbocycles. The van der Waals surface area contributed by atoms with Gasteiger partial charge in [0, 0.05) is 21.1 Å². The number of fused-ring (bicyclic) bond motifs is 1. The van der Waals surface area contributed by atoms with Crippen molar-refractivity contribution in [2.75, 3.05) is 0 Å². The zero-order chi connectivity index (χ0) is 39.5. The van der Waals surface area contributed by atoms with E-state index < -0.39 is 13.5 Å². The van der Waals surface area contributed by atoms with Gasteiger partial charge in [-0.25, -0.2) is 0 Å². The summed E-state index contributed by atoms with van der Waals surface area (Å²) in [5, 5.41) is 12.3.